The number of rotatable bonds is 2. The number of halogens is 2. The SMILES string of the molecule is COc1c(Cl)cc(Cl)c(B2OC(C)(C)C(C)(C)O2)c1O. The molecule has 1 saturated heterocycles. The van der Waals surface area contributed by atoms with Crippen molar-refractivity contribution in [3.05, 3.63) is 16.1 Å². The van der Waals surface area contributed by atoms with Crippen LogP contribution in [0.5, 0.6) is 11.5 Å². The van der Waals surface area contributed by atoms with Gasteiger partial charge in [0, 0.05) is 10.5 Å². The van der Waals surface area contributed by atoms with Crippen LogP contribution in [-0.2, 0) is 9.31 Å². The highest BCUT2D eigenvalue weighted by Gasteiger charge is 2.53. The molecule has 0 amide bonds. The van der Waals surface area contributed by atoms with Gasteiger partial charge in [0.05, 0.1) is 23.3 Å². The van der Waals surface area contributed by atoms with E-state index in [0.29, 0.717) is 5.46 Å². The Morgan fingerprint density at radius 2 is 1.60 bits per heavy atom. The molecule has 20 heavy (non-hydrogen) atoms. The first-order chi connectivity index (χ1) is 9.10. The number of ether oxygens (including phenoxy) is 1. The third-order valence-electron chi connectivity index (χ3n) is 3.89. The Balaban J connectivity index is 2.50. The average Bonchev–Trinajstić information content (AvgIpc) is 2.47. The first kappa shape index (κ1) is 15.8. The second-order valence-electron chi connectivity index (χ2n) is 5.72. The molecule has 110 valence electrons. The third kappa shape index (κ3) is 2.37. The van der Waals surface area contributed by atoms with E-state index in [1.54, 1.807) is 0 Å². The van der Waals surface area contributed by atoms with E-state index in [1.165, 1.54) is 13.2 Å². The molecule has 1 N–H and O–H groups in total. The number of benzene rings is 1. The lowest BCUT2D eigenvalue weighted by Gasteiger charge is -2.32. The van der Waals surface area contributed by atoms with E-state index in [9.17, 15) is 5.11 Å². The number of hydrogen-bond acceptors (Lipinski definition) is 4. The molecule has 2 rings (SSSR count). The van der Waals surface area contributed by atoms with Crippen LogP contribution >= 0.6 is 23.2 Å². The van der Waals surface area contributed by atoms with Gasteiger partial charge in [-0.1, -0.05) is 23.2 Å². The van der Waals surface area contributed by atoms with E-state index < -0.39 is 18.3 Å². The summed E-state index contributed by atoms with van der Waals surface area (Å²) in [6, 6.07) is 1.50. The van der Waals surface area contributed by atoms with Gasteiger partial charge >= 0.3 is 7.12 Å². The molecule has 0 aromatic heterocycles. The lowest BCUT2D eigenvalue weighted by molar-refractivity contribution is 0.00578. The van der Waals surface area contributed by atoms with Crippen molar-refractivity contribution in [2.45, 2.75) is 38.9 Å². The van der Waals surface area contributed by atoms with Crippen molar-refractivity contribution in [3.8, 4) is 11.5 Å². The molecule has 1 heterocycles. The highest BCUT2D eigenvalue weighted by molar-refractivity contribution is 6.67. The Morgan fingerprint density at radius 3 is 2.05 bits per heavy atom. The van der Waals surface area contributed by atoms with Gasteiger partial charge in [-0.25, -0.2) is 0 Å². The predicted octanol–water partition coefficient (Wildman–Crippen LogP) is 3.01. The fourth-order valence-corrected chi connectivity index (χ4v) is 2.60. The van der Waals surface area contributed by atoms with Gasteiger partial charge < -0.3 is 19.2 Å². The van der Waals surface area contributed by atoms with E-state index >= 15 is 0 Å². The third-order valence-corrected chi connectivity index (χ3v) is 4.48. The molecular formula is C13H17BCl2O4. The number of aromatic hydroxyl groups is 1. The summed E-state index contributed by atoms with van der Waals surface area (Å²) in [6.07, 6.45) is 0. The molecule has 1 aliphatic rings. The molecular weight excluding hydrogens is 302 g/mol. The molecule has 0 atom stereocenters. The predicted molar refractivity (Wildman–Crippen MR) is 80.4 cm³/mol. The van der Waals surface area contributed by atoms with Crippen LogP contribution in [-0.4, -0.2) is 30.5 Å². The first-order valence-corrected chi connectivity index (χ1v) is 6.97. The van der Waals surface area contributed by atoms with E-state index in [4.69, 9.17) is 37.2 Å². The van der Waals surface area contributed by atoms with E-state index in [0.717, 1.165) is 0 Å². The van der Waals surface area contributed by atoms with E-state index in [-0.39, 0.29) is 21.5 Å². The normalized spacial score (nSPS) is 20.2. The van der Waals surface area contributed by atoms with Crippen molar-refractivity contribution < 1.29 is 19.2 Å². The number of hydrogen-bond donors (Lipinski definition) is 1. The number of phenols is 1. The molecule has 0 saturated carbocycles. The van der Waals surface area contributed by atoms with Crippen LogP contribution in [0.3, 0.4) is 0 Å². The Hall–Kier alpha value is -0.615. The minimum absolute atomic E-state index is 0.153. The fraction of sp³-hybridized carbons (Fsp3) is 0.538. The second-order valence-corrected chi connectivity index (χ2v) is 6.54. The zero-order valence-electron chi connectivity index (χ0n) is 12.1. The molecule has 1 aromatic carbocycles. The van der Waals surface area contributed by atoms with E-state index in [2.05, 4.69) is 0 Å². The molecule has 0 bridgehead atoms. The monoisotopic (exact) mass is 318 g/mol. The van der Waals surface area contributed by atoms with Crippen molar-refractivity contribution in [2.75, 3.05) is 7.11 Å². The van der Waals surface area contributed by atoms with Crippen molar-refractivity contribution >= 4 is 35.8 Å². The van der Waals surface area contributed by atoms with Gasteiger partial charge in [0.15, 0.2) is 11.5 Å². The Kier molecular flexibility index (Phi) is 3.93. The maximum absolute atomic E-state index is 10.3. The van der Waals surface area contributed by atoms with Gasteiger partial charge in [-0.05, 0) is 33.8 Å². The highest BCUT2D eigenvalue weighted by atomic mass is 35.5. The number of phenolic OH excluding ortho intramolecular Hbond substituents is 1. The molecule has 0 aliphatic carbocycles. The molecule has 0 spiro atoms. The summed E-state index contributed by atoms with van der Waals surface area (Å²) in [5.41, 5.74) is -0.729. The van der Waals surface area contributed by atoms with Crippen molar-refractivity contribution in [1.82, 2.24) is 0 Å². The lowest BCUT2D eigenvalue weighted by Crippen LogP contribution is -2.41. The summed E-state index contributed by atoms with van der Waals surface area (Å²) in [5.74, 6) is -0.00993. The second kappa shape index (κ2) is 4.99. The maximum Gasteiger partial charge on any atom is 0.500 e. The summed E-state index contributed by atoms with van der Waals surface area (Å²) in [4.78, 5) is 0. The van der Waals surface area contributed by atoms with Crippen molar-refractivity contribution in [1.29, 1.82) is 0 Å². The Bertz CT molecular complexity index is 530. The molecule has 1 aliphatic heterocycles. The quantitative estimate of drug-likeness (QED) is 0.852. The van der Waals surface area contributed by atoms with Gasteiger partial charge in [0.2, 0.25) is 0 Å². The molecule has 0 radical (unpaired) electrons. The molecule has 1 aromatic rings. The lowest BCUT2D eigenvalue weighted by atomic mass is 9.78. The molecule has 4 nitrogen and oxygen atoms in total. The van der Waals surface area contributed by atoms with Gasteiger partial charge in [-0.2, -0.15) is 0 Å². The zero-order chi connectivity index (χ0) is 15.3. The summed E-state index contributed by atoms with van der Waals surface area (Å²) < 4.78 is 16.9. The van der Waals surface area contributed by atoms with Crippen molar-refractivity contribution in [2.24, 2.45) is 0 Å². The summed E-state index contributed by atoms with van der Waals surface area (Å²) >= 11 is 12.1. The largest absolute Gasteiger partial charge is 0.504 e. The van der Waals surface area contributed by atoms with Crippen LogP contribution < -0.4 is 10.2 Å². The van der Waals surface area contributed by atoms with Crippen LogP contribution in [0.2, 0.25) is 10.0 Å². The smallest absolute Gasteiger partial charge is 0.500 e. The average molecular weight is 319 g/mol. The maximum atomic E-state index is 10.3. The zero-order valence-corrected chi connectivity index (χ0v) is 13.6. The van der Waals surface area contributed by atoms with Crippen LogP contribution in [0, 0.1) is 0 Å². The topological polar surface area (TPSA) is 47.9 Å². The minimum atomic E-state index is -0.779. The molecule has 7 heteroatoms. The Labute approximate surface area is 129 Å². The first-order valence-electron chi connectivity index (χ1n) is 6.21. The summed E-state index contributed by atoms with van der Waals surface area (Å²) in [5, 5.41) is 10.8. The van der Waals surface area contributed by atoms with Gasteiger partial charge in [0.25, 0.3) is 0 Å². The van der Waals surface area contributed by atoms with Gasteiger partial charge in [-0.15, -0.1) is 0 Å². The fourth-order valence-electron chi connectivity index (χ4n) is 1.98. The van der Waals surface area contributed by atoms with Crippen molar-refractivity contribution in [3.63, 3.8) is 0 Å². The van der Waals surface area contributed by atoms with Crippen LogP contribution in [0.15, 0.2) is 6.07 Å². The molecule has 1 fully saturated rings. The van der Waals surface area contributed by atoms with Crippen LogP contribution in [0.25, 0.3) is 0 Å². The summed E-state index contributed by atoms with van der Waals surface area (Å²) in [7, 11) is 0.640. The molecule has 0 unspecified atom stereocenters. The van der Waals surface area contributed by atoms with E-state index in [1.807, 2.05) is 27.7 Å². The Morgan fingerprint density at radius 1 is 1.10 bits per heavy atom. The standard InChI is InChI=1S/C13H17BCl2O4/c1-12(2)13(3,4)20-14(19-12)9-7(15)6-8(16)11(18-5)10(9)17/h6,17H,1-5H3. The van der Waals surface area contributed by atoms with Crippen LogP contribution in [0.1, 0.15) is 27.7 Å². The number of methoxy groups -OCH3 is 1. The van der Waals surface area contributed by atoms with Gasteiger partial charge in [-0.3, -0.25) is 0 Å². The minimum Gasteiger partial charge on any atom is -0.504 e. The highest BCUT2D eigenvalue weighted by Crippen LogP contribution is 2.41. The summed E-state index contributed by atoms with van der Waals surface area (Å²) in [6.45, 7) is 7.69. The van der Waals surface area contributed by atoms with Gasteiger partial charge in [0.1, 0.15) is 0 Å². The van der Waals surface area contributed by atoms with Crippen LogP contribution in [0.4, 0.5) is 0 Å².